The molecule has 0 aliphatic rings. The van der Waals surface area contributed by atoms with E-state index in [-0.39, 0.29) is 10.0 Å². The van der Waals surface area contributed by atoms with Crippen LogP contribution in [0.4, 0.5) is 0 Å². The second-order valence-electron chi connectivity index (χ2n) is 11.1. The third-order valence-corrected chi connectivity index (χ3v) is 12.5. The van der Waals surface area contributed by atoms with Crippen molar-refractivity contribution in [1.82, 2.24) is 0 Å². The van der Waals surface area contributed by atoms with E-state index in [0.717, 1.165) is 0 Å². The van der Waals surface area contributed by atoms with E-state index in [4.69, 9.17) is 0 Å². The van der Waals surface area contributed by atoms with Gasteiger partial charge in [-0.15, -0.1) is 0 Å². The maximum Gasteiger partial charge on any atom is -0.0228 e. The molecule has 0 nitrogen and oxygen atoms in total. The van der Waals surface area contributed by atoms with E-state index in [0.29, 0.717) is 0 Å². The van der Waals surface area contributed by atoms with E-state index in [1.807, 2.05) is 0 Å². The van der Waals surface area contributed by atoms with Gasteiger partial charge in [0.2, 0.25) is 0 Å². The molecule has 0 aromatic rings. The Hall–Kier alpha value is 0.350. The van der Waals surface area contributed by atoms with Gasteiger partial charge in [-0.2, -0.15) is 0 Å². The molecule has 0 fully saturated rings. The zero-order valence-corrected chi connectivity index (χ0v) is 25.0. The fourth-order valence-corrected chi connectivity index (χ4v) is 10.2. The summed E-state index contributed by atoms with van der Waals surface area (Å²) >= 11 is 0. The predicted octanol–water partition coefficient (Wildman–Crippen LogP) is 12.2. The molecule has 0 heterocycles. The minimum atomic E-state index is -0.317. The Morgan fingerprint density at radius 2 is 0.485 bits per heavy atom. The molecule has 0 atom stereocenters. The molecule has 0 aliphatic heterocycles. The lowest BCUT2D eigenvalue weighted by molar-refractivity contribution is 0.553. The average Bonchev–Trinajstić information content (AvgIpc) is 2.81. The third-order valence-electron chi connectivity index (χ3n) is 7.64. The van der Waals surface area contributed by atoms with Gasteiger partial charge in [0, 0.05) is 0 Å². The van der Waals surface area contributed by atoms with Crippen molar-refractivity contribution in [1.29, 1.82) is 0 Å². The Morgan fingerprint density at radius 3 is 0.727 bits per heavy atom. The Labute approximate surface area is 214 Å². The molecule has 0 aromatic heterocycles. The van der Waals surface area contributed by atoms with E-state index in [9.17, 15) is 0 Å². The van der Waals surface area contributed by atoms with Crippen molar-refractivity contribution >= 4 is 10.0 Å². The van der Waals surface area contributed by atoms with Crippen LogP contribution in [-0.4, -0.2) is 23.0 Å². The van der Waals surface area contributed by atoms with Gasteiger partial charge in [0.1, 0.15) is 0 Å². The van der Waals surface area contributed by atoms with Crippen LogP contribution in [0.3, 0.4) is 0 Å². The van der Waals surface area contributed by atoms with Gasteiger partial charge >= 0.3 is 0 Å². The van der Waals surface area contributed by atoms with Crippen LogP contribution in [0.25, 0.3) is 0 Å². The second-order valence-corrected chi connectivity index (χ2v) is 15.2. The summed E-state index contributed by atoms with van der Waals surface area (Å²) in [6, 6.07) is 0. The molecule has 1 heteroatoms. The van der Waals surface area contributed by atoms with E-state index < -0.39 is 0 Å². The standard InChI is InChI=1S/C32H68S/c1-5-9-11-13-15-17-19-21-23-25-27-31-33(29-7-3,30-8-4)32-28-26-24-22-20-18-16-14-12-10-6-2/h5-32H2,1-4H3. The molecule has 0 N–H and O–H groups in total. The molecule has 0 bridgehead atoms. The zero-order valence-electron chi connectivity index (χ0n) is 24.2. The molecule has 0 aliphatic carbocycles. The summed E-state index contributed by atoms with van der Waals surface area (Å²) < 4.78 is 0. The van der Waals surface area contributed by atoms with Crippen LogP contribution in [-0.2, 0) is 0 Å². The van der Waals surface area contributed by atoms with Gasteiger partial charge < -0.3 is 0 Å². The molecule has 0 radical (unpaired) electrons. The Kier molecular flexibility index (Phi) is 27.2. The summed E-state index contributed by atoms with van der Waals surface area (Å²) in [4.78, 5) is 0. The molecule has 33 heavy (non-hydrogen) atoms. The summed E-state index contributed by atoms with van der Waals surface area (Å²) in [7, 11) is -0.317. The van der Waals surface area contributed by atoms with Crippen molar-refractivity contribution in [3.8, 4) is 0 Å². The molecule has 0 unspecified atom stereocenters. The first-order chi connectivity index (χ1) is 16.2. The molecule has 202 valence electrons. The highest BCUT2D eigenvalue weighted by Crippen LogP contribution is 2.50. The lowest BCUT2D eigenvalue weighted by atomic mass is 10.1. The van der Waals surface area contributed by atoms with Crippen molar-refractivity contribution in [2.45, 2.75) is 182 Å². The summed E-state index contributed by atoms with van der Waals surface area (Å²) in [6.07, 6.45) is 35.4. The van der Waals surface area contributed by atoms with Gasteiger partial charge in [0.05, 0.1) is 0 Å². The summed E-state index contributed by atoms with van der Waals surface area (Å²) in [5.41, 5.74) is 0. The van der Waals surface area contributed by atoms with Crippen molar-refractivity contribution in [3.05, 3.63) is 0 Å². The van der Waals surface area contributed by atoms with Crippen molar-refractivity contribution in [3.63, 3.8) is 0 Å². The van der Waals surface area contributed by atoms with Crippen molar-refractivity contribution in [2.75, 3.05) is 23.0 Å². The fraction of sp³-hybridized carbons (Fsp3) is 1.00. The van der Waals surface area contributed by atoms with Gasteiger partial charge in [0.25, 0.3) is 0 Å². The molecule has 0 saturated carbocycles. The van der Waals surface area contributed by atoms with Crippen LogP contribution < -0.4 is 0 Å². The van der Waals surface area contributed by atoms with E-state index in [1.165, 1.54) is 154 Å². The number of hydrogen-bond acceptors (Lipinski definition) is 0. The molecule has 0 spiro atoms. The highest BCUT2D eigenvalue weighted by Gasteiger charge is 2.21. The monoisotopic (exact) mass is 485 g/mol. The minimum Gasteiger partial charge on any atom is -0.241 e. The van der Waals surface area contributed by atoms with Gasteiger partial charge in [-0.3, -0.25) is 0 Å². The van der Waals surface area contributed by atoms with Gasteiger partial charge in [-0.1, -0.05) is 156 Å². The van der Waals surface area contributed by atoms with Crippen LogP contribution in [0.1, 0.15) is 182 Å². The highest BCUT2D eigenvalue weighted by atomic mass is 32.3. The van der Waals surface area contributed by atoms with Crippen LogP contribution in [0.5, 0.6) is 0 Å². The number of hydrogen-bond donors (Lipinski definition) is 0. The molecule has 0 saturated heterocycles. The van der Waals surface area contributed by atoms with Gasteiger partial charge in [0.15, 0.2) is 0 Å². The molecule has 0 rings (SSSR count). The Morgan fingerprint density at radius 1 is 0.242 bits per heavy atom. The van der Waals surface area contributed by atoms with Gasteiger partial charge in [-0.05, 0) is 48.7 Å². The van der Waals surface area contributed by atoms with E-state index in [1.54, 1.807) is 23.0 Å². The maximum atomic E-state index is 2.44. The highest BCUT2D eigenvalue weighted by molar-refractivity contribution is 8.33. The molecular formula is C32H68S. The quantitative estimate of drug-likeness (QED) is 0.0968. The molecule has 0 amide bonds. The minimum absolute atomic E-state index is 0.317. The second kappa shape index (κ2) is 26.9. The first-order valence-electron chi connectivity index (χ1n) is 16.0. The topological polar surface area (TPSA) is 0 Å². The van der Waals surface area contributed by atoms with Crippen LogP contribution in [0.2, 0.25) is 0 Å². The SMILES string of the molecule is CCCCCCCCCCCCCS(CCC)(CCC)CCCCCCCCCCCCC. The fourth-order valence-electron chi connectivity index (χ4n) is 5.62. The summed E-state index contributed by atoms with van der Waals surface area (Å²) in [5.74, 6) is 6.33. The summed E-state index contributed by atoms with van der Waals surface area (Å²) in [5, 5.41) is 0. The zero-order chi connectivity index (χ0) is 24.3. The van der Waals surface area contributed by atoms with Crippen LogP contribution >= 0.6 is 10.0 Å². The van der Waals surface area contributed by atoms with Crippen LogP contribution in [0, 0.1) is 0 Å². The Balaban J connectivity index is 3.88. The third kappa shape index (κ3) is 22.6. The number of rotatable bonds is 28. The maximum absolute atomic E-state index is 2.44. The molecular weight excluding hydrogens is 416 g/mol. The summed E-state index contributed by atoms with van der Waals surface area (Å²) in [6.45, 7) is 9.52. The first-order valence-corrected chi connectivity index (χ1v) is 18.3. The van der Waals surface area contributed by atoms with Crippen LogP contribution in [0.15, 0.2) is 0 Å². The van der Waals surface area contributed by atoms with Crippen molar-refractivity contribution in [2.24, 2.45) is 0 Å². The van der Waals surface area contributed by atoms with E-state index in [2.05, 4.69) is 27.7 Å². The predicted molar refractivity (Wildman–Crippen MR) is 161 cm³/mol. The lowest BCUT2D eigenvalue weighted by Crippen LogP contribution is -2.17. The van der Waals surface area contributed by atoms with Crippen molar-refractivity contribution < 1.29 is 0 Å². The largest absolute Gasteiger partial charge is 0.241 e. The molecule has 0 aromatic carbocycles. The number of unbranched alkanes of at least 4 members (excludes halogenated alkanes) is 20. The van der Waals surface area contributed by atoms with E-state index >= 15 is 0 Å². The average molecular weight is 485 g/mol. The van der Waals surface area contributed by atoms with Gasteiger partial charge in [-0.25, -0.2) is 10.0 Å². The normalized spacial score (nSPS) is 12.5. The first kappa shape index (κ1) is 33.4. The Bertz CT molecular complexity index is 316. The lowest BCUT2D eigenvalue weighted by Gasteiger charge is -2.40. The smallest absolute Gasteiger partial charge is 0.0228 e.